The van der Waals surface area contributed by atoms with Gasteiger partial charge in [-0.05, 0) is 37.3 Å². The van der Waals surface area contributed by atoms with Crippen LogP contribution in [-0.2, 0) is 16.1 Å². The molecule has 0 saturated heterocycles. The minimum atomic E-state index is -0.444. The van der Waals surface area contributed by atoms with Crippen LogP contribution in [0.5, 0.6) is 0 Å². The van der Waals surface area contributed by atoms with Crippen LogP contribution in [-0.4, -0.2) is 30.3 Å². The zero-order valence-electron chi connectivity index (χ0n) is 12.1. The van der Waals surface area contributed by atoms with E-state index in [9.17, 15) is 9.90 Å². The van der Waals surface area contributed by atoms with E-state index in [1.165, 1.54) is 5.56 Å². The lowest BCUT2D eigenvalue weighted by atomic mass is 9.84. The molecule has 1 aromatic carbocycles. The van der Waals surface area contributed by atoms with E-state index in [0.717, 1.165) is 12.0 Å². The second kappa shape index (κ2) is 6.86. The van der Waals surface area contributed by atoms with Crippen LogP contribution in [0, 0.1) is 12.8 Å². The number of rotatable bonds is 4. The van der Waals surface area contributed by atoms with Crippen LogP contribution >= 0.6 is 0 Å². The van der Waals surface area contributed by atoms with Gasteiger partial charge in [-0.15, -0.1) is 0 Å². The highest BCUT2D eigenvalue weighted by atomic mass is 16.5. The summed E-state index contributed by atoms with van der Waals surface area (Å²) in [5, 5.41) is 12.7. The fraction of sp³-hybridized carbons (Fsp3) is 0.562. The third-order valence-electron chi connectivity index (χ3n) is 4.14. The molecule has 0 radical (unpaired) electrons. The molecule has 2 N–H and O–H groups in total. The predicted molar refractivity (Wildman–Crippen MR) is 77.2 cm³/mol. The average Bonchev–Trinajstić information content (AvgIpc) is 2.46. The van der Waals surface area contributed by atoms with E-state index in [4.69, 9.17) is 4.74 Å². The van der Waals surface area contributed by atoms with Crippen molar-refractivity contribution in [3.05, 3.63) is 35.4 Å². The minimum absolute atomic E-state index is 0.0576. The number of methoxy groups -OCH3 is 1. The summed E-state index contributed by atoms with van der Waals surface area (Å²) in [6, 6.07) is 8.04. The maximum Gasteiger partial charge on any atom is 0.223 e. The summed E-state index contributed by atoms with van der Waals surface area (Å²) in [6.45, 7) is 2.60. The van der Waals surface area contributed by atoms with Crippen molar-refractivity contribution in [2.24, 2.45) is 5.92 Å². The van der Waals surface area contributed by atoms with Crippen molar-refractivity contribution in [3.63, 3.8) is 0 Å². The maximum absolute atomic E-state index is 12.2. The van der Waals surface area contributed by atoms with Gasteiger partial charge in [-0.25, -0.2) is 0 Å². The van der Waals surface area contributed by atoms with Gasteiger partial charge in [0, 0.05) is 19.6 Å². The molecule has 1 aliphatic carbocycles. The normalized spacial score (nSPS) is 26.2. The van der Waals surface area contributed by atoms with E-state index in [0.29, 0.717) is 19.4 Å². The number of nitrogens with one attached hydrogen (secondary N) is 1. The molecule has 20 heavy (non-hydrogen) atoms. The first-order chi connectivity index (χ1) is 9.61. The van der Waals surface area contributed by atoms with Crippen molar-refractivity contribution < 1.29 is 14.6 Å². The lowest BCUT2D eigenvalue weighted by Gasteiger charge is -2.31. The zero-order chi connectivity index (χ0) is 14.5. The molecule has 110 valence electrons. The molecule has 0 bridgehead atoms. The van der Waals surface area contributed by atoms with Gasteiger partial charge in [0.2, 0.25) is 5.91 Å². The van der Waals surface area contributed by atoms with Gasteiger partial charge in [0.05, 0.1) is 12.2 Å². The Labute approximate surface area is 120 Å². The summed E-state index contributed by atoms with van der Waals surface area (Å²) in [6.07, 6.45) is 1.28. The number of aliphatic hydroxyl groups excluding tert-OH is 1. The molecule has 2 rings (SSSR count). The van der Waals surface area contributed by atoms with Crippen LogP contribution < -0.4 is 5.32 Å². The Kier molecular flexibility index (Phi) is 5.15. The number of benzene rings is 1. The molecular formula is C16H23NO3. The van der Waals surface area contributed by atoms with Crippen molar-refractivity contribution in [1.29, 1.82) is 0 Å². The van der Waals surface area contributed by atoms with Gasteiger partial charge in [-0.1, -0.05) is 24.3 Å². The topological polar surface area (TPSA) is 58.6 Å². The van der Waals surface area contributed by atoms with Crippen LogP contribution in [0.15, 0.2) is 24.3 Å². The zero-order valence-corrected chi connectivity index (χ0v) is 12.1. The summed E-state index contributed by atoms with van der Waals surface area (Å²) in [7, 11) is 1.58. The summed E-state index contributed by atoms with van der Waals surface area (Å²) in [5.74, 6) is -0.00503. The van der Waals surface area contributed by atoms with Gasteiger partial charge in [0.25, 0.3) is 0 Å². The first-order valence-electron chi connectivity index (χ1n) is 7.15. The molecule has 1 amide bonds. The fourth-order valence-corrected chi connectivity index (χ4v) is 2.74. The van der Waals surface area contributed by atoms with Crippen LogP contribution in [0.3, 0.4) is 0 Å². The van der Waals surface area contributed by atoms with Crippen molar-refractivity contribution in [3.8, 4) is 0 Å². The molecule has 1 aromatic rings. The van der Waals surface area contributed by atoms with Crippen LogP contribution in [0.4, 0.5) is 0 Å². The quantitative estimate of drug-likeness (QED) is 0.882. The molecule has 0 spiro atoms. The molecule has 3 atom stereocenters. The van der Waals surface area contributed by atoms with Crippen molar-refractivity contribution >= 4 is 5.91 Å². The van der Waals surface area contributed by atoms with E-state index in [-0.39, 0.29) is 17.9 Å². The van der Waals surface area contributed by atoms with Crippen molar-refractivity contribution in [1.82, 2.24) is 5.32 Å². The Morgan fingerprint density at radius 1 is 1.40 bits per heavy atom. The van der Waals surface area contributed by atoms with Gasteiger partial charge >= 0.3 is 0 Å². The number of amides is 1. The lowest BCUT2D eigenvalue weighted by Crippen LogP contribution is -2.41. The molecule has 0 heterocycles. The molecule has 4 heteroatoms. The van der Waals surface area contributed by atoms with Gasteiger partial charge in [0.15, 0.2) is 0 Å². The number of ether oxygens (including phenoxy) is 1. The van der Waals surface area contributed by atoms with E-state index >= 15 is 0 Å². The van der Waals surface area contributed by atoms with E-state index in [1.54, 1.807) is 7.11 Å². The van der Waals surface area contributed by atoms with Crippen molar-refractivity contribution in [2.45, 2.75) is 44.9 Å². The Morgan fingerprint density at radius 2 is 2.15 bits per heavy atom. The van der Waals surface area contributed by atoms with E-state index in [1.807, 2.05) is 31.2 Å². The van der Waals surface area contributed by atoms with E-state index in [2.05, 4.69) is 5.32 Å². The number of aryl methyl sites for hydroxylation is 1. The predicted octanol–water partition coefficient (Wildman–Crippen LogP) is 1.79. The molecule has 1 fully saturated rings. The Balaban J connectivity index is 1.88. The average molecular weight is 277 g/mol. The van der Waals surface area contributed by atoms with Crippen molar-refractivity contribution in [2.75, 3.05) is 7.11 Å². The Bertz CT molecular complexity index is 461. The summed E-state index contributed by atoms with van der Waals surface area (Å²) in [5.41, 5.74) is 2.32. The SMILES string of the molecule is CO[C@@H]1C[C@H](C(=O)NCc2ccccc2C)CC[C@@H]1O. The standard InChI is InChI=1S/C16H23NO3/c1-11-5-3-4-6-13(11)10-17-16(19)12-7-8-14(18)15(9-12)20-2/h3-6,12,14-15,18H,7-10H2,1-2H3,(H,17,19)/t12-,14+,15-/m1/s1. The maximum atomic E-state index is 12.2. The summed E-state index contributed by atoms with van der Waals surface area (Å²) in [4.78, 5) is 12.2. The third kappa shape index (κ3) is 3.58. The summed E-state index contributed by atoms with van der Waals surface area (Å²) < 4.78 is 5.24. The highest BCUT2D eigenvalue weighted by molar-refractivity contribution is 5.78. The number of hydrogen-bond donors (Lipinski definition) is 2. The highest BCUT2D eigenvalue weighted by Crippen LogP contribution is 2.26. The molecule has 0 aliphatic heterocycles. The van der Waals surface area contributed by atoms with Gasteiger partial charge in [0.1, 0.15) is 0 Å². The number of aliphatic hydroxyl groups is 1. The van der Waals surface area contributed by atoms with Gasteiger partial charge in [-0.3, -0.25) is 4.79 Å². The van der Waals surface area contributed by atoms with Gasteiger partial charge < -0.3 is 15.2 Å². The van der Waals surface area contributed by atoms with Crippen LogP contribution in [0.25, 0.3) is 0 Å². The largest absolute Gasteiger partial charge is 0.390 e. The number of carbonyl (C=O) groups excluding carboxylic acids is 1. The smallest absolute Gasteiger partial charge is 0.223 e. The highest BCUT2D eigenvalue weighted by Gasteiger charge is 2.32. The number of hydrogen-bond acceptors (Lipinski definition) is 3. The molecule has 1 aliphatic rings. The monoisotopic (exact) mass is 277 g/mol. The summed E-state index contributed by atoms with van der Waals surface area (Å²) >= 11 is 0. The third-order valence-corrected chi connectivity index (χ3v) is 4.14. The second-order valence-electron chi connectivity index (χ2n) is 5.50. The van der Waals surface area contributed by atoms with Crippen LogP contribution in [0.1, 0.15) is 30.4 Å². The number of carbonyl (C=O) groups is 1. The molecule has 4 nitrogen and oxygen atoms in total. The fourth-order valence-electron chi connectivity index (χ4n) is 2.74. The molecule has 0 unspecified atom stereocenters. The lowest BCUT2D eigenvalue weighted by molar-refractivity contribution is -0.130. The Morgan fingerprint density at radius 3 is 2.85 bits per heavy atom. The first kappa shape index (κ1) is 15.0. The Hall–Kier alpha value is -1.39. The van der Waals surface area contributed by atoms with Gasteiger partial charge in [-0.2, -0.15) is 0 Å². The van der Waals surface area contributed by atoms with Crippen LogP contribution in [0.2, 0.25) is 0 Å². The first-order valence-corrected chi connectivity index (χ1v) is 7.15. The van der Waals surface area contributed by atoms with E-state index < -0.39 is 6.10 Å². The second-order valence-corrected chi connectivity index (χ2v) is 5.50. The molecular weight excluding hydrogens is 254 g/mol. The molecule has 1 saturated carbocycles. The molecule has 0 aromatic heterocycles. The minimum Gasteiger partial charge on any atom is -0.390 e.